The molecule has 2 aromatic rings. The number of halogens is 1. The van der Waals surface area contributed by atoms with Crippen molar-refractivity contribution in [2.24, 2.45) is 0 Å². The van der Waals surface area contributed by atoms with E-state index in [0.717, 1.165) is 17.9 Å². The Kier molecular flexibility index (Phi) is 4.28. The summed E-state index contributed by atoms with van der Waals surface area (Å²) in [4.78, 5) is 0.138. The van der Waals surface area contributed by atoms with Crippen LogP contribution >= 0.6 is 15.9 Å². The molecule has 0 amide bonds. The first-order chi connectivity index (χ1) is 8.61. The molecule has 0 spiro atoms. The molecule has 0 saturated carbocycles. The van der Waals surface area contributed by atoms with Crippen molar-refractivity contribution in [3.63, 3.8) is 0 Å². The molecule has 0 N–H and O–H groups in total. The maximum Gasteiger partial charge on any atom is 0.122 e. The standard InChI is InChI=1S/C16H19BrO/c1-4-14-9-10-15(18-14)16(17)13-7-5-12(6-8-13)11(2)3/h5-11,16H,4H2,1-3H3. The molecule has 0 fully saturated rings. The molecule has 2 heteroatoms. The predicted octanol–water partition coefficient (Wildman–Crippen LogP) is 5.45. The van der Waals surface area contributed by atoms with Crippen LogP contribution in [0.4, 0.5) is 0 Å². The molecule has 96 valence electrons. The molecule has 2 rings (SSSR count). The average Bonchev–Trinajstić information content (AvgIpc) is 2.86. The fourth-order valence-corrected chi connectivity index (χ4v) is 2.49. The highest BCUT2D eigenvalue weighted by Crippen LogP contribution is 2.32. The maximum atomic E-state index is 5.78. The van der Waals surface area contributed by atoms with E-state index in [-0.39, 0.29) is 4.83 Å². The van der Waals surface area contributed by atoms with Gasteiger partial charge in [-0.25, -0.2) is 0 Å². The molecule has 1 nitrogen and oxygen atoms in total. The van der Waals surface area contributed by atoms with Crippen LogP contribution in [0.3, 0.4) is 0 Å². The second kappa shape index (κ2) is 5.75. The fourth-order valence-electron chi connectivity index (χ4n) is 1.93. The normalized spacial score (nSPS) is 12.9. The zero-order valence-corrected chi connectivity index (χ0v) is 12.7. The lowest BCUT2D eigenvalue weighted by molar-refractivity contribution is 0.477. The predicted molar refractivity (Wildman–Crippen MR) is 79.4 cm³/mol. The van der Waals surface area contributed by atoms with E-state index < -0.39 is 0 Å². The summed E-state index contributed by atoms with van der Waals surface area (Å²) < 4.78 is 5.78. The Hall–Kier alpha value is -1.02. The molecular formula is C16H19BrO. The highest BCUT2D eigenvalue weighted by Gasteiger charge is 2.14. The van der Waals surface area contributed by atoms with Crippen LogP contribution in [0.2, 0.25) is 0 Å². The lowest BCUT2D eigenvalue weighted by Crippen LogP contribution is -1.93. The SMILES string of the molecule is CCc1ccc(C(Br)c2ccc(C(C)C)cc2)o1. The number of aryl methyl sites for hydroxylation is 1. The summed E-state index contributed by atoms with van der Waals surface area (Å²) in [5.74, 6) is 2.58. The molecule has 0 aliphatic rings. The molecule has 1 aromatic carbocycles. The molecular weight excluding hydrogens is 288 g/mol. The molecule has 0 aliphatic heterocycles. The van der Waals surface area contributed by atoms with Crippen LogP contribution in [0.1, 0.15) is 54.2 Å². The van der Waals surface area contributed by atoms with Gasteiger partial charge in [0.15, 0.2) is 0 Å². The van der Waals surface area contributed by atoms with Gasteiger partial charge in [-0.2, -0.15) is 0 Å². The lowest BCUT2D eigenvalue weighted by Gasteiger charge is -2.10. The van der Waals surface area contributed by atoms with Crippen LogP contribution in [-0.4, -0.2) is 0 Å². The minimum atomic E-state index is 0.138. The van der Waals surface area contributed by atoms with Gasteiger partial charge < -0.3 is 4.42 Å². The molecule has 1 unspecified atom stereocenters. The Morgan fingerprint density at radius 1 is 1.00 bits per heavy atom. The zero-order valence-electron chi connectivity index (χ0n) is 11.1. The van der Waals surface area contributed by atoms with Crippen LogP contribution in [0.25, 0.3) is 0 Å². The van der Waals surface area contributed by atoms with Crippen molar-refractivity contribution in [2.45, 2.75) is 37.9 Å². The van der Waals surface area contributed by atoms with E-state index in [9.17, 15) is 0 Å². The van der Waals surface area contributed by atoms with Crippen molar-refractivity contribution in [1.29, 1.82) is 0 Å². The van der Waals surface area contributed by atoms with Gasteiger partial charge in [-0.15, -0.1) is 0 Å². The van der Waals surface area contributed by atoms with Crippen molar-refractivity contribution in [3.8, 4) is 0 Å². The van der Waals surface area contributed by atoms with E-state index >= 15 is 0 Å². The number of hydrogen-bond acceptors (Lipinski definition) is 1. The van der Waals surface area contributed by atoms with Crippen LogP contribution in [0.5, 0.6) is 0 Å². The average molecular weight is 307 g/mol. The summed E-state index contributed by atoms with van der Waals surface area (Å²) in [6.07, 6.45) is 0.937. The summed E-state index contributed by atoms with van der Waals surface area (Å²) in [5.41, 5.74) is 2.60. The van der Waals surface area contributed by atoms with Gasteiger partial charge in [0.25, 0.3) is 0 Å². The number of benzene rings is 1. The topological polar surface area (TPSA) is 13.1 Å². The monoisotopic (exact) mass is 306 g/mol. The van der Waals surface area contributed by atoms with Gasteiger partial charge in [-0.1, -0.05) is 61.0 Å². The molecule has 1 aromatic heterocycles. The summed E-state index contributed by atoms with van der Waals surface area (Å²) in [5, 5.41) is 0. The summed E-state index contributed by atoms with van der Waals surface area (Å²) in [7, 11) is 0. The quantitative estimate of drug-likeness (QED) is 0.685. The molecule has 0 saturated heterocycles. The van der Waals surface area contributed by atoms with Crippen molar-refractivity contribution in [3.05, 3.63) is 59.0 Å². The highest BCUT2D eigenvalue weighted by atomic mass is 79.9. The number of hydrogen-bond donors (Lipinski definition) is 0. The van der Waals surface area contributed by atoms with Crippen molar-refractivity contribution < 1.29 is 4.42 Å². The lowest BCUT2D eigenvalue weighted by atomic mass is 10.0. The van der Waals surface area contributed by atoms with Gasteiger partial charge in [0.2, 0.25) is 0 Å². The Bertz CT molecular complexity index is 496. The molecule has 1 atom stereocenters. The Morgan fingerprint density at radius 2 is 1.61 bits per heavy atom. The van der Waals surface area contributed by atoms with Crippen molar-refractivity contribution >= 4 is 15.9 Å². The molecule has 18 heavy (non-hydrogen) atoms. The Balaban J connectivity index is 2.20. The molecule has 0 radical (unpaired) electrons. The van der Waals surface area contributed by atoms with Gasteiger partial charge in [-0.3, -0.25) is 0 Å². The van der Waals surface area contributed by atoms with Crippen LogP contribution < -0.4 is 0 Å². The molecule has 0 bridgehead atoms. The zero-order chi connectivity index (χ0) is 13.1. The number of alkyl halides is 1. The summed E-state index contributed by atoms with van der Waals surface area (Å²) in [6.45, 7) is 6.52. The molecule has 1 heterocycles. The smallest absolute Gasteiger partial charge is 0.122 e. The Labute approximate surface area is 117 Å². The first-order valence-electron chi connectivity index (χ1n) is 6.44. The summed E-state index contributed by atoms with van der Waals surface area (Å²) in [6, 6.07) is 12.8. The van der Waals surface area contributed by atoms with Crippen LogP contribution in [0.15, 0.2) is 40.8 Å². The third kappa shape index (κ3) is 2.86. The molecule has 0 aliphatic carbocycles. The van der Waals surface area contributed by atoms with Gasteiger partial charge >= 0.3 is 0 Å². The second-order valence-electron chi connectivity index (χ2n) is 4.84. The van der Waals surface area contributed by atoms with Crippen molar-refractivity contribution in [2.75, 3.05) is 0 Å². The van der Waals surface area contributed by atoms with Crippen LogP contribution in [-0.2, 0) is 6.42 Å². The first kappa shape index (κ1) is 13.4. The fraction of sp³-hybridized carbons (Fsp3) is 0.375. The third-order valence-electron chi connectivity index (χ3n) is 3.18. The van der Waals surface area contributed by atoms with Gasteiger partial charge in [0, 0.05) is 6.42 Å². The van der Waals surface area contributed by atoms with E-state index in [1.807, 2.05) is 6.07 Å². The van der Waals surface area contributed by atoms with Crippen molar-refractivity contribution in [1.82, 2.24) is 0 Å². The van der Waals surface area contributed by atoms with Gasteiger partial charge in [0.1, 0.15) is 11.5 Å². The first-order valence-corrected chi connectivity index (χ1v) is 7.36. The van der Waals surface area contributed by atoms with E-state index in [4.69, 9.17) is 4.42 Å². The van der Waals surface area contributed by atoms with Gasteiger partial charge in [0.05, 0.1) is 4.83 Å². The van der Waals surface area contributed by atoms with E-state index in [1.165, 1.54) is 11.1 Å². The van der Waals surface area contributed by atoms with E-state index in [1.54, 1.807) is 0 Å². The third-order valence-corrected chi connectivity index (χ3v) is 4.16. The highest BCUT2D eigenvalue weighted by molar-refractivity contribution is 9.09. The second-order valence-corrected chi connectivity index (χ2v) is 5.76. The summed E-state index contributed by atoms with van der Waals surface area (Å²) >= 11 is 3.70. The van der Waals surface area contributed by atoms with E-state index in [2.05, 4.69) is 67.0 Å². The Morgan fingerprint density at radius 3 is 2.11 bits per heavy atom. The minimum absolute atomic E-state index is 0.138. The van der Waals surface area contributed by atoms with E-state index in [0.29, 0.717) is 5.92 Å². The maximum absolute atomic E-state index is 5.78. The number of rotatable bonds is 4. The van der Waals surface area contributed by atoms with Gasteiger partial charge in [-0.05, 0) is 29.2 Å². The number of furan rings is 1. The largest absolute Gasteiger partial charge is 0.465 e. The van der Waals surface area contributed by atoms with Crippen LogP contribution in [0, 0.1) is 0 Å². The minimum Gasteiger partial charge on any atom is -0.465 e.